The summed E-state index contributed by atoms with van der Waals surface area (Å²) in [4.78, 5) is 0. The van der Waals surface area contributed by atoms with Crippen molar-refractivity contribution in [2.75, 3.05) is 0 Å². The van der Waals surface area contributed by atoms with E-state index < -0.39 is 12.5 Å². The number of hydrogen-bond donors (Lipinski definition) is 1. The highest BCUT2D eigenvalue weighted by Gasteiger charge is 2.37. The van der Waals surface area contributed by atoms with Crippen molar-refractivity contribution in [3.63, 3.8) is 0 Å². The number of aliphatic hydroxyl groups is 1. The monoisotopic (exact) mass is 145 g/mol. The predicted octanol–water partition coefficient (Wildman–Crippen LogP) is 2.19. The average molecular weight is 145 g/mol. The molecular formula is C9H18O. The van der Waals surface area contributed by atoms with Gasteiger partial charge in [-0.05, 0) is 31.5 Å². The van der Waals surface area contributed by atoms with Crippen molar-refractivity contribution in [2.45, 2.75) is 45.6 Å². The van der Waals surface area contributed by atoms with Gasteiger partial charge in [-0.3, -0.25) is 0 Å². The largest absolute Gasteiger partial charge is 0.390 e. The summed E-state index contributed by atoms with van der Waals surface area (Å²) >= 11 is 0. The molecule has 0 amide bonds. The summed E-state index contributed by atoms with van der Waals surface area (Å²) in [6.07, 6.45) is 2.09. The van der Waals surface area contributed by atoms with E-state index in [9.17, 15) is 5.11 Å². The Morgan fingerprint density at radius 2 is 2.40 bits per heavy atom. The molecule has 0 aromatic rings. The van der Waals surface area contributed by atoms with Crippen LogP contribution in [0, 0.1) is 11.8 Å². The van der Waals surface area contributed by atoms with Crippen LogP contribution in [0.5, 0.6) is 0 Å². The van der Waals surface area contributed by atoms with E-state index in [0.717, 1.165) is 12.8 Å². The summed E-state index contributed by atoms with van der Waals surface area (Å²) in [5.74, 6) is 0.174. The van der Waals surface area contributed by atoms with Gasteiger partial charge in [-0.2, -0.15) is 0 Å². The average Bonchev–Trinajstić information content (AvgIpc) is 2.30. The molecule has 1 heteroatoms. The zero-order valence-corrected chi connectivity index (χ0v) is 6.72. The Morgan fingerprint density at radius 1 is 1.70 bits per heavy atom. The minimum Gasteiger partial charge on any atom is -0.390 e. The fourth-order valence-corrected chi connectivity index (χ4v) is 1.90. The second kappa shape index (κ2) is 2.54. The highest BCUT2D eigenvalue weighted by atomic mass is 16.3. The second-order valence-corrected chi connectivity index (χ2v) is 3.67. The zero-order valence-electron chi connectivity index (χ0n) is 9.72. The second-order valence-electron chi connectivity index (χ2n) is 3.67. The molecule has 1 N–H and O–H groups in total. The quantitative estimate of drug-likeness (QED) is 0.599. The van der Waals surface area contributed by atoms with Crippen LogP contribution in [0.4, 0.5) is 0 Å². The predicted molar refractivity (Wildman–Crippen MR) is 42.8 cm³/mol. The van der Waals surface area contributed by atoms with Crippen molar-refractivity contribution in [3.8, 4) is 0 Å². The van der Waals surface area contributed by atoms with Gasteiger partial charge in [0.2, 0.25) is 0 Å². The molecule has 1 fully saturated rings. The molecular weight excluding hydrogens is 124 g/mol. The molecule has 0 saturated heterocycles. The molecule has 0 aromatic carbocycles. The van der Waals surface area contributed by atoms with Crippen LogP contribution in [-0.2, 0) is 0 Å². The lowest BCUT2D eigenvalue weighted by Gasteiger charge is -2.28. The van der Waals surface area contributed by atoms with Crippen LogP contribution in [0.15, 0.2) is 0 Å². The third-order valence-electron chi connectivity index (χ3n) is 2.49. The lowest BCUT2D eigenvalue weighted by atomic mass is 9.84. The van der Waals surface area contributed by atoms with Gasteiger partial charge in [0.05, 0.1) is 5.60 Å². The standard InChI is InChI=1S/C9H18O/c1-7(2)8-5-4-6-9(8,3)10/h7-8,10H,4-6H2,1-3H3/t8-,9+/m0/s1/i3D3. The van der Waals surface area contributed by atoms with E-state index in [1.54, 1.807) is 0 Å². The van der Waals surface area contributed by atoms with Gasteiger partial charge in [0.1, 0.15) is 0 Å². The molecule has 10 heavy (non-hydrogen) atoms. The van der Waals surface area contributed by atoms with Gasteiger partial charge in [-0.1, -0.05) is 20.3 Å². The highest BCUT2D eigenvalue weighted by Crippen LogP contribution is 2.39. The number of hydrogen-bond acceptors (Lipinski definition) is 1. The molecule has 0 heterocycles. The summed E-state index contributed by atoms with van der Waals surface area (Å²) in [5, 5.41) is 10.1. The molecule has 1 rings (SSSR count). The fourth-order valence-electron chi connectivity index (χ4n) is 1.90. The van der Waals surface area contributed by atoms with Crippen LogP contribution in [0.3, 0.4) is 0 Å². The minimum atomic E-state index is -2.22. The molecule has 1 aliphatic rings. The van der Waals surface area contributed by atoms with Crippen LogP contribution in [-0.4, -0.2) is 10.7 Å². The van der Waals surface area contributed by atoms with Crippen molar-refractivity contribution >= 4 is 0 Å². The molecule has 1 nitrogen and oxygen atoms in total. The van der Waals surface area contributed by atoms with Crippen molar-refractivity contribution in [1.29, 1.82) is 0 Å². The fraction of sp³-hybridized carbons (Fsp3) is 1.00. The topological polar surface area (TPSA) is 20.2 Å². The summed E-state index contributed by atoms with van der Waals surface area (Å²) in [6, 6.07) is 0. The Balaban J connectivity index is 2.88. The Morgan fingerprint density at radius 3 is 2.80 bits per heavy atom. The third-order valence-corrected chi connectivity index (χ3v) is 2.49. The molecule has 0 aromatic heterocycles. The van der Waals surface area contributed by atoms with Crippen molar-refractivity contribution in [2.24, 2.45) is 11.8 Å². The van der Waals surface area contributed by atoms with Crippen molar-refractivity contribution < 1.29 is 9.22 Å². The number of rotatable bonds is 1. The molecule has 0 aliphatic heterocycles. The Labute approximate surface area is 67.7 Å². The van der Waals surface area contributed by atoms with Gasteiger partial charge < -0.3 is 5.11 Å². The lowest BCUT2D eigenvalue weighted by Crippen LogP contribution is -2.32. The Bertz CT molecular complexity index is 188. The summed E-state index contributed by atoms with van der Waals surface area (Å²) in [7, 11) is 0. The van der Waals surface area contributed by atoms with E-state index in [-0.39, 0.29) is 11.8 Å². The Kier molecular flexibility index (Phi) is 1.21. The lowest BCUT2D eigenvalue weighted by molar-refractivity contribution is 0.00296. The first-order valence-corrected chi connectivity index (χ1v) is 4.01. The van der Waals surface area contributed by atoms with Gasteiger partial charge in [0, 0.05) is 4.11 Å². The molecule has 0 bridgehead atoms. The van der Waals surface area contributed by atoms with E-state index in [2.05, 4.69) is 0 Å². The van der Waals surface area contributed by atoms with Crippen molar-refractivity contribution in [3.05, 3.63) is 0 Å². The first kappa shape index (κ1) is 4.76. The van der Waals surface area contributed by atoms with Gasteiger partial charge in [-0.15, -0.1) is 0 Å². The highest BCUT2D eigenvalue weighted by molar-refractivity contribution is 4.89. The van der Waals surface area contributed by atoms with E-state index in [4.69, 9.17) is 4.11 Å². The molecule has 1 aliphatic carbocycles. The maximum atomic E-state index is 10.1. The van der Waals surface area contributed by atoms with Crippen LogP contribution in [0.2, 0.25) is 0 Å². The minimum absolute atomic E-state index is 0.0694. The normalized spacial score (nSPS) is 46.8. The van der Waals surface area contributed by atoms with Gasteiger partial charge in [0.15, 0.2) is 0 Å². The SMILES string of the molecule is [2H]C([2H])([2H])[C@@]1(O)CCC[C@H]1C(C)C. The van der Waals surface area contributed by atoms with Crippen LogP contribution in [0.1, 0.15) is 44.1 Å². The van der Waals surface area contributed by atoms with Gasteiger partial charge in [-0.25, -0.2) is 0 Å². The van der Waals surface area contributed by atoms with E-state index in [1.165, 1.54) is 0 Å². The van der Waals surface area contributed by atoms with Crippen LogP contribution >= 0.6 is 0 Å². The molecule has 60 valence electrons. The van der Waals surface area contributed by atoms with E-state index in [0.29, 0.717) is 6.42 Å². The first-order chi connectivity index (χ1) is 5.79. The van der Waals surface area contributed by atoms with Crippen molar-refractivity contribution in [1.82, 2.24) is 0 Å². The first-order valence-electron chi connectivity index (χ1n) is 5.51. The van der Waals surface area contributed by atoms with Crippen LogP contribution in [0.25, 0.3) is 0 Å². The van der Waals surface area contributed by atoms with E-state index in [1.807, 2.05) is 13.8 Å². The van der Waals surface area contributed by atoms with Gasteiger partial charge in [0.25, 0.3) is 0 Å². The maximum Gasteiger partial charge on any atom is 0.0650 e. The zero-order chi connectivity index (χ0) is 10.3. The Hall–Kier alpha value is -0.0400. The molecule has 2 atom stereocenters. The molecule has 0 radical (unpaired) electrons. The summed E-state index contributed by atoms with van der Waals surface area (Å²) in [6.45, 7) is 1.73. The molecule has 0 spiro atoms. The smallest absolute Gasteiger partial charge is 0.0650 e. The molecule has 1 saturated carbocycles. The maximum absolute atomic E-state index is 10.1. The van der Waals surface area contributed by atoms with Gasteiger partial charge >= 0.3 is 0 Å². The van der Waals surface area contributed by atoms with E-state index >= 15 is 0 Å². The van der Waals surface area contributed by atoms with Crippen LogP contribution < -0.4 is 0 Å². The third kappa shape index (κ3) is 1.34. The summed E-state index contributed by atoms with van der Waals surface area (Å²) < 4.78 is 22.0. The summed E-state index contributed by atoms with van der Waals surface area (Å²) in [5.41, 5.74) is -1.43. The molecule has 0 unspecified atom stereocenters.